The van der Waals surface area contributed by atoms with Crippen LogP contribution in [0.5, 0.6) is 0 Å². The zero-order valence-electron chi connectivity index (χ0n) is 14.7. The van der Waals surface area contributed by atoms with Gasteiger partial charge in [0.25, 0.3) is 0 Å². The van der Waals surface area contributed by atoms with E-state index in [0.717, 1.165) is 18.4 Å². The fourth-order valence-corrected chi connectivity index (χ4v) is 3.25. The maximum absolute atomic E-state index is 12.5. The molecule has 0 atom stereocenters. The van der Waals surface area contributed by atoms with Gasteiger partial charge < -0.3 is 20.2 Å². The quantitative estimate of drug-likeness (QED) is 0.704. The van der Waals surface area contributed by atoms with Crippen molar-refractivity contribution in [2.45, 2.75) is 45.1 Å². The van der Waals surface area contributed by atoms with Crippen LogP contribution in [-0.4, -0.2) is 45.9 Å². The van der Waals surface area contributed by atoms with Crippen LogP contribution in [0.2, 0.25) is 0 Å². The van der Waals surface area contributed by atoms with Gasteiger partial charge in [0.05, 0.1) is 30.0 Å². The molecule has 0 radical (unpaired) electrons. The second-order valence-corrected chi connectivity index (χ2v) is 6.36. The van der Waals surface area contributed by atoms with Gasteiger partial charge in [-0.05, 0) is 43.0 Å². The van der Waals surface area contributed by atoms with E-state index in [9.17, 15) is 24.9 Å². The molecule has 1 saturated heterocycles. The second kappa shape index (κ2) is 7.80. The first-order valence-electron chi connectivity index (χ1n) is 8.54. The maximum Gasteiger partial charge on any atom is 0.335 e. The van der Waals surface area contributed by atoms with Gasteiger partial charge >= 0.3 is 5.97 Å². The van der Waals surface area contributed by atoms with E-state index in [0.29, 0.717) is 17.7 Å². The summed E-state index contributed by atoms with van der Waals surface area (Å²) in [7, 11) is 0. The monoisotopic (exact) mass is 347 g/mol. The summed E-state index contributed by atoms with van der Waals surface area (Å²) in [5.41, 5.74) is 1.33. The third kappa shape index (κ3) is 3.60. The SMILES string of the molecule is CCC(=Cc1cc(C(=O)O)ccc1N1C(=O)CCC1(CO)CO)CC. The number of amides is 1. The molecule has 0 aliphatic carbocycles. The molecule has 0 saturated carbocycles. The molecule has 1 aromatic carbocycles. The van der Waals surface area contributed by atoms with Gasteiger partial charge in [-0.25, -0.2) is 4.79 Å². The number of benzene rings is 1. The Morgan fingerprint density at radius 2 is 1.88 bits per heavy atom. The van der Waals surface area contributed by atoms with Crippen LogP contribution in [0.15, 0.2) is 23.8 Å². The minimum Gasteiger partial charge on any atom is -0.478 e. The predicted molar refractivity (Wildman–Crippen MR) is 95.6 cm³/mol. The van der Waals surface area contributed by atoms with Gasteiger partial charge in [-0.3, -0.25) is 4.79 Å². The second-order valence-electron chi connectivity index (χ2n) is 6.36. The van der Waals surface area contributed by atoms with Crippen molar-refractivity contribution in [3.8, 4) is 0 Å². The zero-order chi connectivity index (χ0) is 18.6. The molecule has 0 unspecified atom stereocenters. The topological polar surface area (TPSA) is 98.1 Å². The largest absolute Gasteiger partial charge is 0.478 e. The van der Waals surface area contributed by atoms with E-state index in [2.05, 4.69) is 0 Å². The predicted octanol–water partition coefficient (Wildman–Crippen LogP) is 2.44. The summed E-state index contributed by atoms with van der Waals surface area (Å²) in [6.45, 7) is 3.33. The normalized spacial score (nSPS) is 16.2. The van der Waals surface area contributed by atoms with Gasteiger partial charge in [0.2, 0.25) is 5.91 Å². The number of allylic oxidation sites excluding steroid dienone is 1. The molecule has 25 heavy (non-hydrogen) atoms. The number of aliphatic hydroxyl groups excluding tert-OH is 2. The molecule has 0 bridgehead atoms. The summed E-state index contributed by atoms with van der Waals surface area (Å²) in [5.74, 6) is -1.23. The lowest BCUT2D eigenvalue weighted by molar-refractivity contribution is -0.117. The van der Waals surface area contributed by atoms with Gasteiger partial charge in [0, 0.05) is 6.42 Å². The van der Waals surface area contributed by atoms with Crippen LogP contribution in [0.4, 0.5) is 5.69 Å². The maximum atomic E-state index is 12.5. The van der Waals surface area contributed by atoms with E-state index in [-0.39, 0.29) is 31.1 Å². The van der Waals surface area contributed by atoms with E-state index in [1.807, 2.05) is 19.9 Å². The fourth-order valence-electron chi connectivity index (χ4n) is 3.25. The molecule has 136 valence electrons. The summed E-state index contributed by atoms with van der Waals surface area (Å²) in [6.07, 6.45) is 4.11. The number of aromatic carboxylic acids is 1. The zero-order valence-corrected chi connectivity index (χ0v) is 14.7. The Balaban J connectivity index is 2.65. The molecule has 6 heteroatoms. The number of carbonyl (C=O) groups excluding carboxylic acids is 1. The Bertz CT molecular complexity index is 685. The van der Waals surface area contributed by atoms with Crippen LogP contribution in [0, 0.1) is 0 Å². The van der Waals surface area contributed by atoms with Crippen molar-refractivity contribution in [1.82, 2.24) is 0 Å². The highest BCUT2D eigenvalue weighted by Gasteiger charge is 2.46. The molecule has 2 rings (SSSR count). The highest BCUT2D eigenvalue weighted by molar-refractivity contribution is 6.00. The average molecular weight is 347 g/mol. The van der Waals surface area contributed by atoms with Crippen LogP contribution in [0.3, 0.4) is 0 Å². The number of carboxylic acids is 1. The number of nitrogens with zero attached hydrogens (tertiary/aromatic N) is 1. The molecular weight excluding hydrogens is 322 g/mol. The lowest BCUT2D eigenvalue weighted by atomic mass is 9.96. The fraction of sp³-hybridized carbons (Fsp3) is 0.474. The Morgan fingerprint density at radius 1 is 1.24 bits per heavy atom. The summed E-state index contributed by atoms with van der Waals surface area (Å²) in [5, 5.41) is 28.9. The van der Waals surface area contributed by atoms with Crippen LogP contribution in [-0.2, 0) is 4.79 Å². The van der Waals surface area contributed by atoms with Gasteiger partial charge in [-0.15, -0.1) is 0 Å². The first-order valence-corrected chi connectivity index (χ1v) is 8.54. The molecular formula is C19H25NO5. The van der Waals surface area contributed by atoms with Crippen molar-refractivity contribution < 1.29 is 24.9 Å². The lowest BCUT2D eigenvalue weighted by Crippen LogP contribution is -2.52. The minimum atomic E-state index is -1.05. The summed E-state index contributed by atoms with van der Waals surface area (Å²) < 4.78 is 0. The first-order chi connectivity index (χ1) is 11.9. The Morgan fingerprint density at radius 3 is 2.40 bits per heavy atom. The van der Waals surface area contributed by atoms with Crippen molar-refractivity contribution in [3.63, 3.8) is 0 Å². The van der Waals surface area contributed by atoms with Crippen molar-refractivity contribution in [2.75, 3.05) is 18.1 Å². The summed E-state index contributed by atoms with van der Waals surface area (Å²) >= 11 is 0. The van der Waals surface area contributed by atoms with E-state index in [1.165, 1.54) is 17.0 Å². The number of aliphatic hydroxyl groups is 2. The molecule has 1 aliphatic rings. The first kappa shape index (κ1) is 19.1. The van der Waals surface area contributed by atoms with E-state index in [1.54, 1.807) is 6.07 Å². The van der Waals surface area contributed by atoms with Gasteiger partial charge in [-0.2, -0.15) is 0 Å². The van der Waals surface area contributed by atoms with Gasteiger partial charge in [0.1, 0.15) is 0 Å². The molecule has 1 heterocycles. The van der Waals surface area contributed by atoms with Crippen molar-refractivity contribution >= 4 is 23.6 Å². The van der Waals surface area contributed by atoms with Gasteiger partial charge in [-0.1, -0.05) is 25.5 Å². The average Bonchev–Trinajstić information content (AvgIpc) is 2.96. The van der Waals surface area contributed by atoms with E-state index < -0.39 is 11.5 Å². The minimum absolute atomic E-state index is 0.131. The summed E-state index contributed by atoms with van der Waals surface area (Å²) in [6, 6.07) is 4.56. The Labute approximate surface area is 147 Å². The highest BCUT2D eigenvalue weighted by atomic mass is 16.4. The molecule has 1 fully saturated rings. The number of hydrogen-bond donors (Lipinski definition) is 3. The Hall–Kier alpha value is -2.18. The summed E-state index contributed by atoms with van der Waals surface area (Å²) in [4.78, 5) is 25.2. The van der Waals surface area contributed by atoms with E-state index >= 15 is 0 Å². The molecule has 0 aromatic heterocycles. The van der Waals surface area contributed by atoms with Crippen molar-refractivity contribution in [3.05, 3.63) is 34.9 Å². The smallest absolute Gasteiger partial charge is 0.335 e. The molecule has 3 N–H and O–H groups in total. The number of rotatable bonds is 7. The van der Waals surface area contributed by atoms with Crippen LogP contribution >= 0.6 is 0 Å². The molecule has 0 spiro atoms. The van der Waals surface area contributed by atoms with Crippen LogP contribution in [0.25, 0.3) is 6.08 Å². The standard InChI is InChI=1S/C19H25NO5/c1-3-13(4-2)9-15-10-14(18(24)25)5-6-16(15)20-17(23)7-8-19(20,11-21)12-22/h5-6,9-10,21-22H,3-4,7-8,11-12H2,1-2H3,(H,24,25). The number of anilines is 1. The van der Waals surface area contributed by atoms with Crippen LogP contribution < -0.4 is 4.90 Å². The third-order valence-electron chi connectivity index (χ3n) is 4.90. The van der Waals surface area contributed by atoms with Crippen molar-refractivity contribution in [2.24, 2.45) is 0 Å². The van der Waals surface area contributed by atoms with Gasteiger partial charge in [0.15, 0.2) is 0 Å². The van der Waals surface area contributed by atoms with Crippen LogP contribution in [0.1, 0.15) is 55.5 Å². The number of hydrogen-bond acceptors (Lipinski definition) is 4. The molecule has 1 aromatic rings. The van der Waals surface area contributed by atoms with E-state index in [4.69, 9.17) is 0 Å². The highest BCUT2D eigenvalue weighted by Crippen LogP contribution is 2.38. The van der Waals surface area contributed by atoms with Crippen molar-refractivity contribution in [1.29, 1.82) is 0 Å². The number of carboxylic acid groups (broad SMARTS) is 1. The Kier molecular flexibility index (Phi) is 5.98. The lowest BCUT2D eigenvalue weighted by Gasteiger charge is -2.36. The molecule has 1 amide bonds. The number of carbonyl (C=O) groups is 2. The molecule has 1 aliphatic heterocycles. The molecule has 6 nitrogen and oxygen atoms in total. The third-order valence-corrected chi connectivity index (χ3v) is 4.90.